The first-order valence-corrected chi connectivity index (χ1v) is 5.38. The van der Waals surface area contributed by atoms with E-state index in [0.717, 1.165) is 0 Å². The molecule has 0 aliphatic carbocycles. The van der Waals surface area contributed by atoms with Crippen molar-refractivity contribution in [2.75, 3.05) is 6.29 Å². The van der Waals surface area contributed by atoms with Gasteiger partial charge in [0.15, 0.2) is 0 Å². The molecule has 1 unspecified atom stereocenters. The summed E-state index contributed by atoms with van der Waals surface area (Å²) in [5, 5.41) is 0. The van der Waals surface area contributed by atoms with Crippen molar-refractivity contribution in [3.8, 4) is 0 Å². The van der Waals surface area contributed by atoms with Gasteiger partial charge in [0.2, 0.25) is 0 Å². The monoisotopic (exact) mass is 178 g/mol. The highest BCUT2D eigenvalue weighted by Crippen LogP contribution is 2.36. The molecule has 0 aromatic heterocycles. The van der Waals surface area contributed by atoms with Gasteiger partial charge in [-0.2, -0.15) is 0 Å². The fourth-order valence-electron chi connectivity index (χ4n) is 1.22. The molecule has 3 nitrogen and oxygen atoms in total. The summed E-state index contributed by atoms with van der Waals surface area (Å²) < 4.78 is 2.05. The van der Waals surface area contributed by atoms with Crippen LogP contribution in [0.3, 0.4) is 0 Å². The molecule has 0 rings (SSSR count). The van der Waals surface area contributed by atoms with Crippen molar-refractivity contribution in [2.45, 2.75) is 39.8 Å². The smallest absolute Gasteiger partial charge is 0.116 e. The van der Waals surface area contributed by atoms with Crippen LogP contribution in [0.15, 0.2) is 0 Å². The third-order valence-electron chi connectivity index (χ3n) is 1.49. The minimum atomic E-state index is -1.11. The maximum atomic E-state index is 9.52. The zero-order valence-corrected chi connectivity index (χ0v) is 8.68. The molecule has 0 aliphatic rings. The van der Waals surface area contributed by atoms with Gasteiger partial charge in [-0.25, -0.2) is 0 Å². The molecule has 0 aliphatic heterocycles. The second-order valence-corrected chi connectivity index (χ2v) is 4.69. The highest BCUT2D eigenvalue weighted by atomic mass is 31.2. The van der Waals surface area contributed by atoms with Crippen LogP contribution in [-0.4, -0.2) is 27.9 Å². The molecule has 0 heterocycles. The highest BCUT2D eigenvalue weighted by Gasteiger charge is 2.20. The predicted molar refractivity (Wildman–Crippen MR) is 50.3 cm³/mol. The largest absolute Gasteiger partial charge is 0.358 e. The fourth-order valence-corrected chi connectivity index (χ4v) is 2.48. The Morgan fingerprint density at radius 3 is 1.73 bits per heavy atom. The topological polar surface area (TPSA) is 49.5 Å². The van der Waals surface area contributed by atoms with E-state index in [9.17, 15) is 4.89 Å². The van der Waals surface area contributed by atoms with Crippen LogP contribution in [0.2, 0.25) is 0 Å². The molecule has 0 amide bonds. The van der Waals surface area contributed by atoms with Gasteiger partial charge in [0.25, 0.3) is 0 Å². The predicted octanol–water partition coefficient (Wildman–Crippen LogP) is 1.33. The first-order chi connectivity index (χ1) is 5.00. The van der Waals surface area contributed by atoms with Gasteiger partial charge in [0.1, 0.15) is 8.30 Å². The molecule has 1 atom stereocenters. The first-order valence-electron chi connectivity index (χ1n) is 3.95. The van der Waals surface area contributed by atoms with Crippen molar-refractivity contribution >= 4 is 8.30 Å². The van der Waals surface area contributed by atoms with Crippen LogP contribution < -0.4 is 5.73 Å². The average molecular weight is 178 g/mol. The fraction of sp³-hybridized carbons (Fsp3) is 1.00. The Labute approximate surface area is 70.5 Å². The van der Waals surface area contributed by atoms with Gasteiger partial charge in [0.05, 0.1) is 6.29 Å². The summed E-state index contributed by atoms with van der Waals surface area (Å²) in [5.41, 5.74) is 5.39. The van der Waals surface area contributed by atoms with Crippen LogP contribution in [0.25, 0.3) is 0 Å². The first kappa shape index (κ1) is 11.3. The average Bonchev–Trinajstić information content (AvgIpc) is 1.85. The van der Waals surface area contributed by atoms with Gasteiger partial charge in [-0.15, -0.1) is 0 Å². The summed E-state index contributed by atoms with van der Waals surface area (Å²) in [6.45, 7) is 8.28. The molecular formula is C7H19N2OP. The Morgan fingerprint density at radius 2 is 1.64 bits per heavy atom. The van der Waals surface area contributed by atoms with Gasteiger partial charge in [0, 0.05) is 12.1 Å². The lowest BCUT2D eigenvalue weighted by molar-refractivity contribution is 0.297. The normalized spacial score (nSPS) is 15.0. The van der Waals surface area contributed by atoms with Gasteiger partial charge in [-0.1, -0.05) is 0 Å². The van der Waals surface area contributed by atoms with E-state index < -0.39 is 8.30 Å². The molecule has 0 fully saturated rings. The van der Waals surface area contributed by atoms with Gasteiger partial charge < -0.3 is 10.6 Å². The summed E-state index contributed by atoms with van der Waals surface area (Å²) in [6, 6.07) is 0.740. The number of nitrogens with zero attached hydrogens (tertiary/aromatic N) is 1. The molecule has 11 heavy (non-hydrogen) atoms. The van der Waals surface area contributed by atoms with E-state index in [4.69, 9.17) is 5.73 Å². The lowest BCUT2D eigenvalue weighted by Gasteiger charge is -2.33. The van der Waals surface area contributed by atoms with Crippen molar-refractivity contribution in [3.05, 3.63) is 0 Å². The van der Waals surface area contributed by atoms with Crippen LogP contribution in [0, 0.1) is 0 Å². The highest BCUT2D eigenvalue weighted by molar-refractivity contribution is 7.48. The molecule has 0 aromatic carbocycles. The van der Waals surface area contributed by atoms with E-state index in [-0.39, 0.29) is 0 Å². The summed E-state index contributed by atoms with van der Waals surface area (Å²) in [6.07, 6.45) is 0.367. The second kappa shape index (κ2) is 5.04. The zero-order chi connectivity index (χ0) is 9.02. The van der Waals surface area contributed by atoms with Crippen molar-refractivity contribution in [1.82, 2.24) is 4.67 Å². The summed E-state index contributed by atoms with van der Waals surface area (Å²) in [7, 11) is -1.11. The molecule has 68 valence electrons. The Hall–Kier alpha value is 0.310. The Morgan fingerprint density at radius 1 is 1.27 bits per heavy atom. The van der Waals surface area contributed by atoms with E-state index in [0.29, 0.717) is 18.4 Å². The number of hydrogen-bond acceptors (Lipinski definition) is 3. The van der Waals surface area contributed by atoms with Crippen molar-refractivity contribution < 1.29 is 4.89 Å². The number of nitrogens with two attached hydrogens (primary N) is 1. The summed E-state index contributed by atoms with van der Waals surface area (Å²) >= 11 is 0. The molecular weight excluding hydrogens is 159 g/mol. The van der Waals surface area contributed by atoms with E-state index >= 15 is 0 Å². The van der Waals surface area contributed by atoms with Crippen LogP contribution >= 0.6 is 8.30 Å². The quantitative estimate of drug-likeness (QED) is 0.638. The maximum absolute atomic E-state index is 9.52. The minimum Gasteiger partial charge on any atom is -0.358 e. The van der Waals surface area contributed by atoms with Crippen molar-refractivity contribution in [1.29, 1.82) is 0 Å². The zero-order valence-electron chi connectivity index (χ0n) is 7.78. The van der Waals surface area contributed by atoms with Gasteiger partial charge in [-0.05, 0) is 27.7 Å². The Kier molecular flexibility index (Phi) is 5.19. The van der Waals surface area contributed by atoms with Crippen molar-refractivity contribution in [3.63, 3.8) is 0 Å². The second-order valence-electron chi connectivity index (χ2n) is 3.12. The SMILES string of the molecule is CC(C)N(C(C)C)P(O)CN. The lowest BCUT2D eigenvalue weighted by Crippen LogP contribution is -2.33. The third kappa shape index (κ3) is 3.48. The van der Waals surface area contributed by atoms with Crippen LogP contribution in [0.5, 0.6) is 0 Å². The van der Waals surface area contributed by atoms with Gasteiger partial charge in [-0.3, -0.25) is 4.67 Å². The summed E-state index contributed by atoms with van der Waals surface area (Å²) in [4.78, 5) is 9.52. The molecule has 0 saturated heterocycles. The van der Waals surface area contributed by atoms with E-state index in [2.05, 4.69) is 32.4 Å². The Bertz CT molecular complexity index is 101. The van der Waals surface area contributed by atoms with Crippen molar-refractivity contribution in [2.24, 2.45) is 5.73 Å². The van der Waals surface area contributed by atoms with Crippen LogP contribution in [0.4, 0.5) is 0 Å². The number of rotatable bonds is 4. The summed E-state index contributed by atoms with van der Waals surface area (Å²) in [5.74, 6) is 0. The van der Waals surface area contributed by atoms with E-state index in [1.54, 1.807) is 0 Å². The maximum Gasteiger partial charge on any atom is 0.116 e. The molecule has 0 saturated carbocycles. The standard InChI is InChI=1S/C7H19N2OP/c1-6(2)9(7(3)4)11(10)5-8/h6-7,10H,5,8H2,1-4H3. The minimum absolute atomic E-state index is 0.367. The van der Waals surface area contributed by atoms with Gasteiger partial charge >= 0.3 is 0 Å². The third-order valence-corrected chi connectivity index (χ3v) is 3.27. The Balaban J connectivity index is 4.09. The van der Waals surface area contributed by atoms with Crippen LogP contribution in [0.1, 0.15) is 27.7 Å². The van der Waals surface area contributed by atoms with E-state index in [1.165, 1.54) is 0 Å². The van der Waals surface area contributed by atoms with E-state index in [1.807, 2.05) is 0 Å². The molecule has 4 heteroatoms. The molecule has 0 aromatic rings. The molecule has 0 spiro atoms. The molecule has 0 bridgehead atoms. The van der Waals surface area contributed by atoms with Crippen LogP contribution in [-0.2, 0) is 0 Å². The lowest BCUT2D eigenvalue weighted by atomic mass is 10.3. The number of hydrogen-bond donors (Lipinski definition) is 2. The molecule has 0 radical (unpaired) electrons. The molecule has 3 N–H and O–H groups in total.